The second-order valence-corrected chi connectivity index (χ2v) is 6.46. The molecule has 0 spiro atoms. The number of carbonyl (C=O) groups is 1. The SMILES string of the molecule is CCOc1ccccc1NC(=O)COc1ccccc1CNc1cccc(OC)c1. The highest BCUT2D eigenvalue weighted by atomic mass is 16.5. The maximum absolute atomic E-state index is 12.4. The average molecular weight is 406 g/mol. The van der Waals surface area contributed by atoms with Gasteiger partial charge in [-0.15, -0.1) is 0 Å². The van der Waals surface area contributed by atoms with Gasteiger partial charge in [-0.2, -0.15) is 0 Å². The van der Waals surface area contributed by atoms with Gasteiger partial charge in [-0.3, -0.25) is 4.79 Å². The molecule has 0 saturated carbocycles. The van der Waals surface area contributed by atoms with Crippen molar-refractivity contribution in [3.63, 3.8) is 0 Å². The normalized spacial score (nSPS) is 10.2. The lowest BCUT2D eigenvalue weighted by molar-refractivity contribution is -0.118. The van der Waals surface area contributed by atoms with Crippen molar-refractivity contribution in [2.45, 2.75) is 13.5 Å². The molecule has 0 aliphatic carbocycles. The third-order valence-corrected chi connectivity index (χ3v) is 4.35. The third-order valence-electron chi connectivity index (χ3n) is 4.35. The molecule has 0 radical (unpaired) electrons. The van der Waals surface area contributed by atoms with Crippen LogP contribution in [0.2, 0.25) is 0 Å². The van der Waals surface area contributed by atoms with Crippen molar-refractivity contribution in [1.82, 2.24) is 0 Å². The van der Waals surface area contributed by atoms with E-state index in [1.165, 1.54) is 0 Å². The first-order valence-corrected chi connectivity index (χ1v) is 9.80. The lowest BCUT2D eigenvalue weighted by atomic mass is 10.2. The Labute approximate surface area is 176 Å². The largest absolute Gasteiger partial charge is 0.497 e. The Balaban J connectivity index is 1.59. The van der Waals surface area contributed by atoms with Gasteiger partial charge in [0.1, 0.15) is 17.2 Å². The second kappa shape index (κ2) is 10.8. The maximum atomic E-state index is 12.4. The van der Waals surface area contributed by atoms with Crippen LogP contribution in [0.25, 0.3) is 0 Å². The van der Waals surface area contributed by atoms with E-state index in [0.29, 0.717) is 30.3 Å². The predicted molar refractivity (Wildman–Crippen MR) is 118 cm³/mol. The van der Waals surface area contributed by atoms with E-state index in [-0.39, 0.29) is 12.5 Å². The summed E-state index contributed by atoms with van der Waals surface area (Å²) in [4.78, 5) is 12.4. The molecule has 3 rings (SSSR count). The first kappa shape index (κ1) is 21.0. The minimum Gasteiger partial charge on any atom is -0.497 e. The van der Waals surface area contributed by atoms with Gasteiger partial charge in [-0.1, -0.05) is 36.4 Å². The molecule has 30 heavy (non-hydrogen) atoms. The van der Waals surface area contributed by atoms with Crippen molar-refractivity contribution < 1.29 is 19.0 Å². The van der Waals surface area contributed by atoms with E-state index in [4.69, 9.17) is 14.2 Å². The van der Waals surface area contributed by atoms with Gasteiger partial charge in [0.05, 0.1) is 19.4 Å². The van der Waals surface area contributed by atoms with Crippen molar-refractivity contribution in [2.24, 2.45) is 0 Å². The Morgan fingerprint density at radius 3 is 2.47 bits per heavy atom. The molecular weight excluding hydrogens is 380 g/mol. The average Bonchev–Trinajstić information content (AvgIpc) is 2.78. The van der Waals surface area contributed by atoms with Crippen LogP contribution in [-0.2, 0) is 11.3 Å². The van der Waals surface area contributed by atoms with E-state index in [1.54, 1.807) is 13.2 Å². The summed E-state index contributed by atoms with van der Waals surface area (Å²) in [6, 6.07) is 22.7. The molecule has 0 aliphatic heterocycles. The number of rotatable bonds is 10. The molecule has 0 aromatic heterocycles. The van der Waals surface area contributed by atoms with Crippen LogP contribution in [0.5, 0.6) is 17.2 Å². The summed E-state index contributed by atoms with van der Waals surface area (Å²) < 4.78 is 16.6. The van der Waals surface area contributed by atoms with E-state index in [9.17, 15) is 4.79 Å². The van der Waals surface area contributed by atoms with Gasteiger partial charge >= 0.3 is 0 Å². The summed E-state index contributed by atoms with van der Waals surface area (Å²) in [6.07, 6.45) is 0. The molecular formula is C24H26N2O4. The van der Waals surface area contributed by atoms with Crippen LogP contribution >= 0.6 is 0 Å². The summed E-state index contributed by atoms with van der Waals surface area (Å²) in [7, 11) is 1.64. The van der Waals surface area contributed by atoms with Crippen molar-refractivity contribution in [3.05, 3.63) is 78.4 Å². The molecule has 1 amide bonds. The smallest absolute Gasteiger partial charge is 0.262 e. The van der Waals surface area contributed by atoms with E-state index in [0.717, 1.165) is 17.0 Å². The molecule has 0 heterocycles. The van der Waals surface area contributed by atoms with Crippen LogP contribution < -0.4 is 24.8 Å². The number of hydrogen-bond acceptors (Lipinski definition) is 5. The Bertz CT molecular complexity index is 975. The quantitative estimate of drug-likeness (QED) is 0.510. The fourth-order valence-corrected chi connectivity index (χ4v) is 2.90. The Morgan fingerprint density at radius 2 is 1.67 bits per heavy atom. The third kappa shape index (κ3) is 5.91. The van der Waals surface area contributed by atoms with Crippen LogP contribution in [0.1, 0.15) is 12.5 Å². The standard InChI is InChI=1S/C24H26N2O4/c1-3-29-23-14-7-5-12-21(23)26-24(27)17-30-22-13-6-4-9-18(22)16-25-19-10-8-11-20(15-19)28-2/h4-15,25H,3,16-17H2,1-2H3,(H,26,27). The van der Waals surface area contributed by atoms with E-state index >= 15 is 0 Å². The molecule has 6 nitrogen and oxygen atoms in total. The van der Waals surface area contributed by atoms with Crippen LogP contribution in [0.4, 0.5) is 11.4 Å². The fraction of sp³-hybridized carbons (Fsp3) is 0.208. The van der Waals surface area contributed by atoms with Gasteiger partial charge in [0.15, 0.2) is 6.61 Å². The number of carbonyl (C=O) groups excluding carboxylic acids is 1. The topological polar surface area (TPSA) is 68.8 Å². The zero-order valence-corrected chi connectivity index (χ0v) is 17.2. The first-order valence-electron chi connectivity index (χ1n) is 9.80. The Hall–Kier alpha value is -3.67. The molecule has 3 aromatic carbocycles. The molecule has 2 N–H and O–H groups in total. The summed E-state index contributed by atoms with van der Waals surface area (Å²) >= 11 is 0. The maximum Gasteiger partial charge on any atom is 0.262 e. The number of amides is 1. The number of nitrogens with one attached hydrogen (secondary N) is 2. The highest BCUT2D eigenvalue weighted by molar-refractivity contribution is 5.93. The lowest BCUT2D eigenvalue weighted by Crippen LogP contribution is -2.21. The second-order valence-electron chi connectivity index (χ2n) is 6.46. The molecule has 3 aromatic rings. The summed E-state index contributed by atoms with van der Waals surface area (Å²) in [5, 5.41) is 6.19. The van der Waals surface area contributed by atoms with Crippen LogP contribution in [0, 0.1) is 0 Å². The zero-order valence-electron chi connectivity index (χ0n) is 17.2. The number of anilines is 2. The van der Waals surface area contributed by atoms with Crippen molar-refractivity contribution in [2.75, 3.05) is 31.0 Å². The Kier molecular flexibility index (Phi) is 7.55. The number of hydrogen-bond donors (Lipinski definition) is 2. The molecule has 6 heteroatoms. The van der Waals surface area contributed by atoms with Crippen LogP contribution in [0.3, 0.4) is 0 Å². The first-order chi connectivity index (χ1) is 14.7. The van der Waals surface area contributed by atoms with Gasteiger partial charge in [-0.25, -0.2) is 0 Å². The van der Waals surface area contributed by atoms with Crippen molar-refractivity contribution in [1.29, 1.82) is 0 Å². The van der Waals surface area contributed by atoms with Crippen molar-refractivity contribution in [3.8, 4) is 17.2 Å². The fourth-order valence-electron chi connectivity index (χ4n) is 2.90. The van der Waals surface area contributed by atoms with Crippen LogP contribution in [-0.4, -0.2) is 26.2 Å². The highest BCUT2D eigenvalue weighted by Gasteiger charge is 2.10. The number of benzene rings is 3. The number of methoxy groups -OCH3 is 1. The van der Waals surface area contributed by atoms with Gasteiger partial charge in [0.25, 0.3) is 5.91 Å². The lowest BCUT2D eigenvalue weighted by Gasteiger charge is -2.14. The molecule has 0 aliphatic rings. The summed E-state index contributed by atoms with van der Waals surface area (Å²) in [5.41, 5.74) is 2.51. The molecule has 156 valence electrons. The Morgan fingerprint density at radius 1 is 0.900 bits per heavy atom. The minimum absolute atomic E-state index is 0.101. The summed E-state index contributed by atoms with van der Waals surface area (Å²) in [5.74, 6) is 1.82. The van der Waals surface area contributed by atoms with Crippen molar-refractivity contribution >= 4 is 17.3 Å². The molecule has 0 bridgehead atoms. The molecule has 0 saturated heterocycles. The zero-order chi connectivity index (χ0) is 21.2. The minimum atomic E-state index is -0.252. The molecule has 0 fully saturated rings. The predicted octanol–water partition coefficient (Wildman–Crippen LogP) is 4.72. The van der Waals surface area contributed by atoms with Crippen LogP contribution in [0.15, 0.2) is 72.8 Å². The van der Waals surface area contributed by atoms with E-state index in [2.05, 4.69) is 10.6 Å². The van der Waals surface area contributed by atoms with Gasteiger partial charge in [-0.05, 0) is 37.3 Å². The van der Waals surface area contributed by atoms with E-state index in [1.807, 2.05) is 73.7 Å². The van der Waals surface area contributed by atoms with Gasteiger partial charge in [0.2, 0.25) is 0 Å². The molecule has 0 atom stereocenters. The highest BCUT2D eigenvalue weighted by Crippen LogP contribution is 2.24. The van der Waals surface area contributed by atoms with Gasteiger partial charge < -0.3 is 24.8 Å². The van der Waals surface area contributed by atoms with Gasteiger partial charge in [0, 0.05) is 23.9 Å². The number of para-hydroxylation sites is 3. The molecule has 0 unspecified atom stereocenters. The summed E-state index contributed by atoms with van der Waals surface area (Å²) in [6.45, 7) is 2.88. The number of ether oxygens (including phenoxy) is 3. The van der Waals surface area contributed by atoms with E-state index < -0.39 is 0 Å². The monoisotopic (exact) mass is 406 g/mol.